The number of anilines is 1. The maximum Gasteiger partial charge on any atom is 0.0596 e. The topological polar surface area (TPSA) is 15.3 Å². The molecule has 0 amide bonds. The minimum absolute atomic E-state index is 0.636. The molecule has 0 spiro atoms. The Balaban J connectivity index is 1.91. The zero-order chi connectivity index (χ0) is 11.4. The van der Waals surface area contributed by atoms with Gasteiger partial charge in [-0.05, 0) is 31.6 Å². The van der Waals surface area contributed by atoms with E-state index in [-0.39, 0.29) is 0 Å². The molecule has 1 aliphatic rings. The van der Waals surface area contributed by atoms with Gasteiger partial charge in [-0.2, -0.15) is 0 Å². The number of benzene rings is 1. The van der Waals surface area contributed by atoms with Gasteiger partial charge in [0, 0.05) is 18.2 Å². The van der Waals surface area contributed by atoms with E-state index in [1.165, 1.54) is 17.7 Å². The van der Waals surface area contributed by atoms with Gasteiger partial charge in [-0.15, -0.1) is 6.42 Å². The first-order valence-electron chi connectivity index (χ1n) is 5.76. The van der Waals surface area contributed by atoms with E-state index < -0.39 is 0 Å². The van der Waals surface area contributed by atoms with Crippen molar-refractivity contribution in [2.24, 2.45) is 0 Å². The van der Waals surface area contributed by atoms with Crippen LogP contribution in [0.4, 0.5) is 5.69 Å². The largest absolute Gasteiger partial charge is 0.384 e. The lowest BCUT2D eigenvalue weighted by Gasteiger charge is -2.16. The predicted molar refractivity (Wildman–Crippen MR) is 68.6 cm³/mol. The fourth-order valence-corrected chi connectivity index (χ4v) is 2.23. The van der Waals surface area contributed by atoms with Gasteiger partial charge in [-0.1, -0.05) is 24.1 Å². The van der Waals surface area contributed by atoms with E-state index in [0.717, 1.165) is 19.6 Å². The first-order chi connectivity index (χ1) is 7.81. The van der Waals surface area contributed by atoms with Crippen LogP contribution in [0.15, 0.2) is 24.3 Å². The van der Waals surface area contributed by atoms with Gasteiger partial charge in [0.15, 0.2) is 0 Å². The summed E-state index contributed by atoms with van der Waals surface area (Å²) in [5.74, 6) is 3.31. The number of rotatable bonds is 4. The van der Waals surface area contributed by atoms with Gasteiger partial charge >= 0.3 is 0 Å². The van der Waals surface area contributed by atoms with Crippen LogP contribution in [0.3, 0.4) is 0 Å². The van der Waals surface area contributed by atoms with Crippen LogP contribution in [-0.4, -0.2) is 31.6 Å². The third-order valence-electron chi connectivity index (χ3n) is 3.16. The summed E-state index contributed by atoms with van der Waals surface area (Å²) in [4.78, 5) is 2.20. The highest BCUT2D eigenvalue weighted by molar-refractivity contribution is 5.57. The quantitative estimate of drug-likeness (QED) is 0.773. The molecule has 1 heterocycles. The van der Waals surface area contributed by atoms with E-state index in [2.05, 4.69) is 47.5 Å². The molecule has 1 aromatic carbocycles. The number of nitrogens with one attached hydrogen (secondary N) is 1. The van der Waals surface area contributed by atoms with Gasteiger partial charge in [0.1, 0.15) is 0 Å². The average Bonchev–Trinajstić information content (AvgIpc) is 2.70. The first kappa shape index (κ1) is 11.0. The van der Waals surface area contributed by atoms with Crippen LogP contribution in [0.1, 0.15) is 17.9 Å². The Morgan fingerprint density at radius 1 is 1.50 bits per heavy atom. The molecular formula is C14H18N2. The van der Waals surface area contributed by atoms with Crippen LogP contribution in [0.25, 0.3) is 0 Å². The third kappa shape index (κ3) is 2.37. The lowest BCUT2D eigenvalue weighted by Crippen LogP contribution is -2.22. The number of para-hydroxylation sites is 1. The summed E-state index contributed by atoms with van der Waals surface area (Å²) < 4.78 is 0. The van der Waals surface area contributed by atoms with E-state index in [1.54, 1.807) is 0 Å². The highest BCUT2D eigenvalue weighted by atomic mass is 15.1. The average molecular weight is 214 g/mol. The van der Waals surface area contributed by atoms with Gasteiger partial charge in [0.25, 0.3) is 0 Å². The molecule has 0 radical (unpaired) electrons. The molecule has 0 saturated carbocycles. The van der Waals surface area contributed by atoms with Crippen molar-refractivity contribution in [3.63, 3.8) is 0 Å². The maximum atomic E-state index is 5.29. The summed E-state index contributed by atoms with van der Waals surface area (Å²) in [7, 11) is 2.08. The van der Waals surface area contributed by atoms with Crippen LogP contribution in [0.5, 0.6) is 0 Å². The zero-order valence-corrected chi connectivity index (χ0v) is 9.74. The molecule has 1 aliphatic heterocycles. The van der Waals surface area contributed by atoms with Gasteiger partial charge in [-0.3, -0.25) is 4.90 Å². The van der Waals surface area contributed by atoms with E-state index in [4.69, 9.17) is 6.42 Å². The Bertz CT molecular complexity index is 392. The Labute approximate surface area is 97.7 Å². The molecule has 0 aliphatic carbocycles. The molecule has 0 aromatic heterocycles. The normalized spacial score (nSPS) is 17.9. The lowest BCUT2D eigenvalue weighted by molar-refractivity contribution is 0.357. The zero-order valence-electron chi connectivity index (χ0n) is 9.74. The molecular weight excluding hydrogens is 196 g/mol. The molecule has 16 heavy (non-hydrogen) atoms. The van der Waals surface area contributed by atoms with Crippen molar-refractivity contribution in [3.05, 3.63) is 29.8 Å². The molecule has 2 heteroatoms. The van der Waals surface area contributed by atoms with Crippen molar-refractivity contribution >= 4 is 5.69 Å². The summed E-state index contributed by atoms with van der Waals surface area (Å²) in [6.45, 7) is 2.86. The van der Waals surface area contributed by atoms with Crippen molar-refractivity contribution in [3.8, 4) is 12.3 Å². The van der Waals surface area contributed by atoms with Crippen LogP contribution in [0, 0.1) is 12.3 Å². The Morgan fingerprint density at radius 3 is 3.12 bits per heavy atom. The molecule has 1 aromatic rings. The van der Waals surface area contributed by atoms with Crippen LogP contribution < -0.4 is 5.32 Å². The molecule has 84 valence electrons. The van der Waals surface area contributed by atoms with Crippen LogP contribution >= 0.6 is 0 Å². The molecule has 0 bridgehead atoms. The van der Waals surface area contributed by atoms with Crippen molar-refractivity contribution < 1.29 is 0 Å². The van der Waals surface area contributed by atoms with Crippen LogP contribution in [-0.2, 0) is 0 Å². The second kappa shape index (κ2) is 5.05. The first-order valence-corrected chi connectivity index (χ1v) is 5.76. The van der Waals surface area contributed by atoms with E-state index in [0.29, 0.717) is 5.92 Å². The summed E-state index contributed by atoms with van der Waals surface area (Å²) in [6.07, 6.45) is 6.45. The van der Waals surface area contributed by atoms with Gasteiger partial charge in [-0.25, -0.2) is 0 Å². The number of fused-ring (bicyclic) bond motifs is 1. The molecule has 1 unspecified atom stereocenters. The Kier molecular flexibility index (Phi) is 3.48. The molecule has 0 fully saturated rings. The lowest BCUT2D eigenvalue weighted by atomic mass is 9.98. The second-order valence-corrected chi connectivity index (χ2v) is 4.40. The second-order valence-electron chi connectivity index (χ2n) is 4.40. The van der Waals surface area contributed by atoms with Crippen molar-refractivity contribution in [1.29, 1.82) is 0 Å². The van der Waals surface area contributed by atoms with Crippen LogP contribution in [0.2, 0.25) is 0 Å². The highest BCUT2D eigenvalue weighted by Crippen LogP contribution is 2.32. The number of hydrogen-bond donors (Lipinski definition) is 1. The third-order valence-corrected chi connectivity index (χ3v) is 3.16. The number of nitrogens with zero attached hydrogens (tertiary/aromatic N) is 1. The van der Waals surface area contributed by atoms with Gasteiger partial charge in [0.2, 0.25) is 0 Å². The molecule has 1 atom stereocenters. The van der Waals surface area contributed by atoms with Gasteiger partial charge < -0.3 is 5.32 Å². The monoisotopic (exact) mass is 214 g/mol. The van der Waals surface area contributed by atoms with E-state index in [1.807, 2.05) is 0 Å². The van der Waals surface area contributed by atoms with E-state index in [9.17, 15) is 0 Å². The highest BCUT2D eigenvalue weighted by Gasteiger charge is 2.21. The minimum Gasteiger partial charge on any atom is -0.384 e. The predicted octanol–water partition coefficient (Wildman–Crippen LogP) is 2.15. The summed E-state index contributed by atoms with van der Waals surface area (Å²) in [6, 6.07) is 8.57. The molecule has 2 nitrogen and oxygen atoms in total. The Morgan fingerprint density at radius 2 is 2.31 bits per heavy atom. The number of hydrogen-bond acceptors (Lipinski definition) is 2. The molecule has 1 N–H and O–H groups in total. The summed E-state index contributed by atoms with van der Waals surface area (Å²) >= 11 is 0. The molecule has 2 rings (SSSR count). The summed E-state index contributed by atoms with van der Waals surface area (Å²) in [5.41, 5.74) is 2.75. The standard InChI is InChI=1S/C14H18N2/c1-3-9-16(2)10-8-12-11-15-14-7-5-4-6-13(12)14/h1,4-7,12,15H,8-11H2,2H3. The fourth-order valence-electron chi connectivity index (χ4n) is 2.23. The number of terminal acetylenes is 1. The van der Waals surface area contributed by atoms with Gasteiger partial charge in [0.05, 0.1) is 6.54 Å². The maximum absolute atomic E-state index is 5.29. The minimum atomic E-state index is 0.636. The smallest absolute Gasteiger partial charge is 0.0596 e. The fraction of sp³-hybridized carbons (Fsp3) is 0.429. The molecule has 0 saturated heterocycles. The SMILES string of the molecule is C#CCN(C)CCC1CNc2ccccc21. The van der Waals surface area contributed by atoms with Crippen molar-refractivity contribution in [2.75, 3.05) is 32.0 Å². The van der Waals surface area contributed by atoms with Crippen molar-refractivity contribution in [2.45, 2.75) is 12.3 Å². The van der Waals surface area contributed by atoms with E-state index >= 15 is 0 Å². The van der Waals surface area contributed by atoms with Crippen molar-refractivity contribution in [1.82, 2.24) is 4.90 Å². The summed E-state index contributed by atoms with van der Waals surface area (Å²) in [5, 5.41) is 3.45. The Hall–Kier alpha value is -1.46.